The van der Waals surface area contributed by atoms with Crippen molar-refractivity contribution in [3.05, 3.63) is 58.5 Å². The molecule has 3 aliphatic rings. The average molecular weight is 505 g/mol. The molecule has 2 aromatic heterocycles. The summed E-state index contributed by atoms with van der Waals surface area (Å²) in [5.74, 6) is 1.10. The van der Waals surface area contributed by atoms with Crippen molar-refractivity contribution in [2.24, 2.45) is 5.41 Å². The number of carbonyl (C=O) groups excluding carboxylic acids is 2. The smallest absolute Gasteiger partial charge is 0.275 e. The van der Waals surface area contributed by atoms with Gasteiger partial charge in [0.2, 0.25) is 17.7 Å². The molecule has 2 aliphatic heterocycles. The molecule has 1 fully saturated rings. The zero-order chi connectivity index (χ0) is 25.7. The minimum atomic E-state index is -0.435. The molecule has 1 saturated heterocycles. The van der Waals surface area contributed by atoms with Gasteiger partial charge in [-0.3, -0.25) is 9.59 Å². The van der Waals surface area contributed by atoms with Crippen molar-refractivity contribution in [2.75, 3.05) is 26.3 Å². The standard InChI is InChI=1S/C28H32N4O5/c1-28(2,3)24-26-31-22(25-29-20(15-36-25)27(34)32-10-12-35-13-11-32)23(37-26)18-8-7-17-6-4-16(14-19(17)18)5-9-21(33)30-24/h4,6,14-15,18,24H,5,7-13H2,1-3H3,(H,30,33). The quantitative estimate of drug-likeness (QED) is 0.561. The van der Waals surface area contributed by atoms with Gasteiger partial charge in [-0.25, -0.2) is 9.97 Å². The minimum absolute atomic E-state index is 0.00718. The monoisotopic (exact) mass is 504 g/mol. The predicted octanol–water partition coefficient (Wildman–Crippen LogP) is 4.03. The molecular formula is C28H32N4O5. The summed E-state index contributed by atoms with van der Waals surface area (Å²) in [4.78, 5) is 37.1. The normalized spacial score (nSPS) is 21.8. The van der Waals surface area contributed by atoms with Crippen LogP contribution in [0.3, 0.4) is 0 Å². The number of oxazole rings is 2. The van der Waals surface area contributed by atoms with E-state index in [1.165, 1.54) is 17.4 Å². The molecule has 6 rings (SSSR count). The molecule has 9 heteroatoms. The number of nitrogens with zero attached hydrogens (tertiary/aromatic N) is 3. The highest BCUT2D eigenvalue weighted by molar-refractivity contribution is 5.92. The number of ether oxygens (including phenoxy) is 1. The Kier molecular flexibility index (Phi) is 5.90. The third-order valence-corrected chi connectivity index (χ3v) is 7.56. The molecule has 0 radical (unpaired) electrons. The van der Waals surface area contributed by atoms with E-state index in [0.29, 0.717) is 56.5 Å². The fourth-order valence-corrected chi connectivity index (χ4v) is 5.49. The number of nitrogens with one attached hydrogen (secondary N) is 1. The molecule has 1 aromatic carbocycles. The van der Waals surface area contributed by atoms with Crippen molar-refractivity contribution < 1.29 is 23.2 Å². The van der Waals surface area contributed by atoms with E-state index in [1.54, 1.807) is 4.90 Å². The molecule has 2 atom stereocenters. The lowest BCUT2D eigenvalue weighted by atomic mass is 9.86. The zero-order valence-electron chi connectivity index (χ0n) is 21.5. The van der Waals surface area contributed by atoms with Crippen molar-refractivity contribution in [1.29, 1.82) is 0 Å². The molecule has 194 valence electrons. The Hall–Kier alpha value is -3.46. The first kappa shape index (κ1) is 23.9. The molecule has 0 spiro atoms. The van der Waals surface area contributed by atoms with Crippen LogP contribution in [0.5, 0.6) is 0 Å². The largest absolute Gasteiger partial charge is 0.442 e. The first-order valence-electron chi connectivity index (χ1n) is 13.0. The molecule has 9 nitrogen and oxygen atoms in total. The van der Waals surface area contributed by atoms with Gasteiger partial charge in [0, 0.05) is 25.4 Å². The Morgan fingerprint density at radius 3 is 2.70 bits per heavy atom. The van der Waals surface area contributed by atoms with Crippen LogP contribution in [-0.4, -0.2) is 53.0 Å². The van der Waals surface area contributed by atoms with E-state index in [4.69, 9.17) is 18.6 Å². The maximum absolute atomic E-state index is 13.0. The second-order valence-electron chi connectivity index (χ2n) is 11.2. The topological polar surface area (TPSA) is 111 Å². The third kappa shape index (κ3) is 4.45. The fraction of sp³-hybridized carbons (Fsp3) is 0.500. The second-order valence-corrected chi connectivity index (χ2v) is 11.2. The van der Waals surface area contributed by atoms with Crippen LogP contribution in [0.15, 0.2) is 33.3 Å². The van der Waals surface area contributed by atoms with Crippen LogP contribution < -0.4 is 5.32 Å². The van der Waals surface area contributed by atoms with Gasteiger partial charge in [-0.2, -0.15) is 0 Å². The molecule has 4 bridgehead atoms. The highest BCUT2D eigenvalue weighted by Gasteiger charge is 2.38. The molecule has 37 heavy (non-hydrogen) atoms. The fourth-order valence-electron chi connectivity index (χ4n) is 5.49. The summed E-state index contributed by atoms with van der Waals surface area (Å²) in [6.45, 7) is 8.21. The summed E-state index contributed by atoms with van der Waals surface area (Å²) >= 11 is 0. The highest BCUT2D eigenvalue weighted by Crippen LogP contribution is 2.45. The van der Waals surface area contributed by atoms with Crippen LogP contribution in [-0.2, 0) is 22.4 Å². The van der Waals surface area contributed by atoms with E-state index in [2.05, 4.69) is 28.5 Å². The molecule has 0 saturated carbocycles. The van der Waals surface area contributed by atoms with E-state index < -0.39 is 6.04 Å². The Balaban J connectivity index is 1.46. The van der Waals surface area contributed by atoms with Gasteiger partial charge in [-0.05, 0) is 41.4 Å². The molecule has 1 aliphatic carbocycles. The summed E-state index contributed by atoms with van der Waals surface area (Å²) in [5.41, 5.74) is 3.99. The number of carbonyl (C=O) groups is 2. The Bertz CT molecular complexity index is 1340. The Labute approximate surface area is 215 Å². The minimum Gasteiger partial charge on any atom is -0.442 e. The number of aryl methyl sites for hydroxylation is 2. The number of benzene rings is 1. The second kappa shape index (κ2) is 9.13. The summed E-state index contributed by atoms with van der Waals surface area (Å²) < 4.78 is 17.7. The van der Waals surface area contributed by atoms with Crippen molar-refractivity contribution in [2.45, 2.75) is 58.4 Å². The van der Waals surface area contributed by atoms with Crippen LogP contribution in [0.4, 0.5) is 0 Å². The number of amides is 2. The van der Waals surface area contributed by atoms with E-state index in [0.717, 1.165) is 18.4 Å². The van der Waals surface area contributed by atoms with Crippen molar-refractivity contribution in [3.8, 4) is 11.6 Å². The molecule has 2 amide bonds. The van der Waals surface area contributed by atoms with Gasteiger partial charge in [0.15, 0.2) is 11.4 Å². The van der Waals surface area contributed by atoms with Crippen molar-refractivity contribution in [1.82, 2.24) is 20.2 Å². The average Bonchev–Trinajstić information content (AvgIpc) is 3.62. The molecule has 1 N–H and O–H groups in total. The number of rotatable bonds is 2. The van der Waals surface area contributed by atoms with Crippen molar-refractivity contribution >= 4 is 11.8 Å². The number of hydrogen-bond donors (Lipinski definition) is 1. The Morgan fingerprint density at radius 2 is 1.92 bits per heavy atom. The van der Waals surface area contributed by atoms with E-state index >= 15 is 0 Å². The lowest BCUT2D eigenvalue weighted by molar-refractivity contribution is -0.122. The third-order valence-electron chi connectivity index (χ3n) is 7.56. The first-order valence-corrected chi connectivity index (χ1v) is 13.0. The van der Waals surface area contributed by atoms with E-state index in [-0.39, 0.29) is 34.7 Å². The number of morpholine rings is 1. The predicted molar refractivity (Wildman–Crippen MR) is 134 cm³/mol. The van der Waals surface area contributed by atoms with Crippen LogP contribution in [0.25, 0.3) is 11.6 Å². The Morgan fingerprint density at radius 1 is 1.11 bits per heavy atom. The van der Waals surface area contributed by atoms with Crippen LogP contribution >= 0.6 is 0 Å². The summed E-state index contributed by atoms with van der Waals surface area (Å²) in [6, 6.07) is 6.03. The van der Waals surface area contributed by atoms with Crippen LogP contribution in [0, 0.1) is 5.41 Å². The van der Waals surface area contributed by atoms with Gasteiger partial charge < -0.3 is 23.8 Å². The van der Waals surface area contributed by atoms with Gasteiger partial charge in [-0.1, -0.05) is 39.0 Å². The lowest BCUT2D eigenvalue weighted by Gasteiger charge is -2.29. The summed E-state index contributed by atoms with van der Waals surface area (Å²) in [6.07, 6.45) is 4.27. The molecule has 4 heterocycles. The number of fused-ring (bicyclic) bond motifs is 4. The van der Waals surface area contributed by atoms with Crippen molar-refractivity contribution in [3.63, 3.8) is 0 Å². The summed E-state index contributed by atoms with van der Waals surface area (Å²) in [7, 11) is 0. The first-order chi connectivity index (χ1) is 17.8. The number of hydrogen-bond acceptors (Lipinski definition) is 7. The summed E-state index contributed by atoms with van der Waals surface area (Å²) in [5, 5.41) is 3.15. The maximum atomic E-state index is 13.0. The van der Waals surface area contributed by atoms with Gasteiger partial charge in [0.25, 0.3) is 5.91 Å². The highest BCUT2D eigenvalue weighted by atomic mass is 16.5. The van der Waals surface area contributed by atoms with Gasteiger partial charge in [-0.15, -0.1) is 0 Å². The van der Waals surface area contributed by atoms with Gasteiger partial charge >= 0.3 is 0 Å². The molecular weight excluding hydrogens is 472 g/mol. The molecule has 3 aromatic rings. The molecule has 2 unspecified atom stereocenters. The SMILES string of the molecule is CC(C)(C)C1NC(=O)CCc2ccc3c(c2)C(CC3)c2oc1nc2-c1nc(C(=O)N2CCOCC2)co1. The van der Waals surface area contributed by atoms with Gasteiger partial charge in [0.1, 0.15) is 18.1 Å². The van der Waals surface area contributed by atoms with Gasteiger partial charge in [0.05, 0.1) is 13.2 Å². The van der Waals surface area contributed by atoms with Crippen LogP contribution in [0.1, 0.15) is 84.4 Å². The number of aromatic nitrogens is 2. The zero-order valence-corrected chi connectivity index (χ0v) is 21.5. The maximum Gasteiger partial charge on any atom is 0.275 e. The lowest BCUT2D eigenvalue weighted by Crippen LogP contribution is -2.40. The van der Waals surface area contributed by atoms with Crippen LogP contribution in [0.2, 0.25) is 0 Å². The van der Waals surface area contributed by atoms with E-state index in [1.807, 2.05) is 20.8 Å². The van der Waals surface area contributed by atoms with E-state index in [9.17, 15) is 9.59 Å².